The van der Waals surface area contributed by atoms with Crippen LogP contribution in [0.25, 0.3) is 0 Å². The van der Waals surface area contributed by atoms with Crippen LogP contribution in [0.1, 0.15) is 36.9 Å². The molecule has 2 aromatic rings. The Morgan fingerprint density at radius 1 is 0.969 bits per heavy atom. The van der Waals surface area contributed by atoms with Crippen molar-refractivity contribution >= 4 is 11.9 Å². The smallest absolute Gasteiger partial charge is 0.475 e. The second kappa shape index (κ2) is 10.5. The van der Waals surface area contributed by atoms with Crippen LogP contribution in [0.5, 0.6) is 0 Å². The number of amides is 1. The van der Waals surface area contributed by atoms with Crippen LogP contribution in [-0.4, -0.2) is 36.2 Å². The zero-order valence-electron chi connectivity index (χ0n) is 17.2. The maximum absolute atomic E-state index is 13.3. The maximum Gasteiger partial charge on any atom is 0.490 e. The van der Waals surface area contributed by atoms with E-state index in [1.54, 1.807) is 24.3 Å². The molecule has 1 amide bonds. The summed E-state index contributed by atoms with van der Waals surface area (Å²) in [6, 6.07) is 12.1. The van der Waals surface area contributed by atoms with Gasteiger partial charge in [-0.25, -0.2) is 13.6 Å². The van der Waals surface area contributed by atoms with Crippen molar-refractivity contribution in [3.05, 3.63) is 71.3 Å². The van der Waals surface area contributed by atoms with Crippen LogP contribution in [0.2, 0.25) is 0 Å². The van der Waals surface area contributed by atoms with Crippen molar-refractivity contribution in [2.24, 2.45) is 0 Å². The molecule has 0 spiro atoms. The van der Waals surface area contributed by atoms with Crippen molar-refractivity contribution in [3.63, 3.8) is 0 Å². The minimum atomic E-state index is -5.08. The van der Waals surface area contributed by atoms with Gasteiger partial charge in [-0.05, 0) is 68.2 Å². The molecule has 1 atom stereocenters. The fraction of sp³-hybridized carbons (Fsp3) is 0.364. The number of hydrogen-bond donors (Lipinski definition) is 3. The van der Waals surface area contributed by atoms with Crippen LogP contribution < -0.4 is 10.6 Å². The molecule has 0 saturated carbocycles. The number of halogens is 5. The molecule has 32 heavy (non-hydrogen) atoms. The molecule has 5 nitrogen and oxygen atoms in total. The Bertz CT molecular complexity index is 909. The summed E-state index contributed by atoms with van der Waals surface area (Å²) in [5, 5.41) is 13.5. The zero-order valence-corrected chi connectivity index (χ0v) is 17.2. The predicted molar refractivity (Wildman–Crippen MR) is 107 cm³/mol. The summed E-state index contributed by atoms with van der Waals surface area (Å²) >= 11 is 0. The highest BCUT2D eigenvalue weighted by molar-refractivity contribution is 5.88. The van der Waals surface area contributed by atoms with Gasteiger partial charge in [0.25, 0.3) is 0 Å². The van der Waals surface area contributed by atoms with Crippen LogP contribution in [0, 0.1) is 11.6 Å². The van der Waals surface area contributed by atoms with Gasteiger partial charge in [0.15, 0.2) is 0 Å². The lowest BCUT2D eigenvalue weighted by molar-refractivity contribution is -0.192. The predicted octanol–water partition coefficient (Wildman–Crippen LogP) is 4.10. The third-order valence-corrected chi connectivity index (χ3v) is 5.25. The number of carboxylic acids is 1. The largest absolute Gasteiger partial charge is 0.490 e. The number of hydrogen-bond acceptors (Lipinski definition) is 3. The summed E-state index contributed by atoms with van der Waals surface area (Å²) in [7, 11) is 0. The lowest BCUT2D eigenvalue weighted by Gasteiger charge is -2.37. The molecule has 3 N–H and O–H groups in total. The fourth-order valence-electron chi connectivity index (χ4n) is 3.44. The van der Waals surface area contributed by atoms with E-state index < -0.39 is 17.6 Å². The summed E-state index contributed by atoms with van der Waals surface area (Å²) in [5.41, 5.74) is 1.00. The van der Waals surface area contributed by atoms with E-state index in [1.165, 1.54) is 24.3 Å². The van der Waals surface area contributed by atoms with E-state index >= 15 is 0 Å². The van der Waals surface area contributed by atoms with Crippen molar-refractivity contribution in [1.82, 2.24) is 10.6 Å². The summed E-state index contributed by atoms with van der Waals surface area (Å²) in [6.45, 7) is 3.34. The molecule has 1 aliphatic heterocycles. The quantitative estimate of drug-likeness (QED) is 0.603. The molecule has 1 aliphatic rings. The number of carbonyl (C=O) groups excluding carboxylic acids is 1. The van der Waals surface area contributed by atoms with Crippen LogP contribution in [0.4, 0.5) is 22.0 Å². The highest BCUT2D eigenvalue weighted by Gasteiger charge is 2.41. The van der Waals surface area contributed by atoms with Gasteiger partial charge in [0, 0.05) is 0 Å². The van der Waals surface area contributed by atoms with Crippen LogP contribution >= 0.6 is 0 Å². The number of alkyl halides is 3. The fourth-order valence-corrected chi connectivity index (χ4v) is 3.44. The second-order valence-electron chi connectivity index (χ2n) is 7.39. The van der Waals surface area contributed by atoms with Crippen molar-refractivity contribution in [2.45, 2.75) is 37.4 Å². The van der Waals surface area contributed by atoms with E-state index in [0.717, 1.165) is 24.2 Å². The Morgan fingerprint density at radius 3 is 1.84 bits per heavy atom. The molecular formula is C22H23F5N2O3. The molecule has 0 radical (unpaired) electrons. The molecule has 0 aromatic heterocycles. The number of carboxylic acid groups (broad SMARTS) is 1. The highest BCUT2D eigenvalue weighted by atomic mass is 19.4. The Hall–Kier alpha value is -3.01. The van der Waals surface area contributed by atoms with Crippen LogP contribution in [0.3, 0.4) is 0 Å². The van der Waals surface area contributed by atoms with Crippen LogP contribution in [-0.2, 0) is 15.0 Å². The number of rotatable bonds is 4. The van der Waals surface area contributed by atoms with Gasteiger partial charge in [-0.1, -0.05) is 24.3 Å². The molecule has 1 fully saturated rings. The third kappa shape index (κ3) is 6.49. The lowest BCUT2D eigenvalue weighted by Crippen LogP contribution is -2.51. The van der Waals surface area contributed by atoms with Gasteiger partial charge in [-0.2, -0.15) is 13.2 Å². The van der Waals surface area contributed by atoms with E-state index in [4.69, 9.17) is 9.90 Å². The monoisotopic (exact) mass is 458 g/mol. The first-order chi connectivity index (χ1) is 15.0. The lowest BCUT2D eigenvalue weighted by atomic mass is 9.72. The molecule has 3 rings (SSSR count). The Morgan fingerprint density at radius 2 is 1.41 bits per heavy atom. The Labute approximate surface area is 181 Å². The standard InChI is InChI=1S/C20H22F2N2O.C2HF3O2/c1-14(15-2-6-17(21)7-3-15)24-19(25)20(10-12-23-13-11-20)16-4-8-18(22)9-5-16;3-2(4,5)1(6)7/h2-9,14,23H,10-13H2,1H3,(H,24,25);(H,6,7)/t14-;/m0./s1. The maximum atomic E-state index is 13.3. The average molecular weight is 458 g/mol. The number of benzene rings is 2. The van der Waals surface area contributed by atoms with Gasteiger partial charge in [0.05, 0.1) is 11.5 Å². The van der Waals surface area contributed by atoms with Gasteiger partial charge in [-0.3, -0.25) is 4.79 Å². The van der Waals surface area contributed by atoms with Crippen molar-refractivity contribution in [3.8, 4) is 0 Å². The summed E-state index contributed by atoms with van der Waals surface area (Å²) in [6.07, 6.45) is -3.78. The molecule has 1 saturated heterocycles. The molecule has 0 aliphatic carbocycles. The van der Waals surface area contributed by atoms with E-state index in [2.05, 4.69) is 10.6 Å². The first-order valence-electron chi connectivity index (χ1n) is 9.79. The van der Waals surface area contributed by atoms with E-state index in [1.807, 2.05) is 6.92 Å². The minimum absolute atomic E-state index is 0.0718. The minimum Gasteiger partial charge on any atom is -0.475 e. The molecule has 0 unspecified atom stereocenters. The highest BCUT2D eigenvalue weighted by Crippen LogP contribution is 2.34. The SMILES string of the molecule is C[C@H](NC(=O)C1(c2ccc(F)cc2)CCNCC1)c1ccc(F)cc1.O=C(O)C(F)(F)F. The second-order valence-corrected chi connectivity index (χ2v) is 7.39. The number of carbonyl (C=O) groups is 2. The zero-order chi connectivity index (χ0) is 23.9. The number of aliphatic carboxylic acids is 1. The summed E-state index contributed by atoms with van der Waals surface area (Å²) in [4.78, 5) is 22.0. The molecule has 1 heterocycles. The van der Waals surface area contributed by atoms with E-state index in [9.17, 15) is 26.7 Å². The molecule has 174 valence electrons. The van der Waals surface area contributed by atoms with Crippen molar-refractivity contribution in [1.29, 1.82) is 0 Å². The van der Waals surface area contributed by atoms with Crippen molar-refractivity contribution < 1.29 is 36.6 Å². The normalized spacial score (nSPS) is 16.3. The Kier molecular flexibility index (Phi) is 8.31. The molecule has 0 bridgehead atoms. The van der Waals surface area contributed by atoms with Gasteiger partial charge in [0.1, 0.15) is 11.6 Å². The number of nitrogens with one attached hydrogen (secondary N) is 2. The molecular weight excluding hydrogens is 435 g/mol. The third-order valence-electron chi connectivity index (χ3n) is 5.25. The topological polar surface area (TPSA) is 78.4 Å². The number of piperidine rings is 1. The van der Waals surface area contributed by atoms with E-state index in [-0.39, 0.29) is 23.6 Å². The first kappa shape index (κ1) is 25.3. The van der Waals surface area contributed by atoms with E-state index in [0.29, 0.717) is 12.8 Å². The van der Waals surface area contributed by atoms with Gasteiger partial charge in [-0.15, -0.1) is 0 Å². The molecule has 2 aromatic carbocycles. The summed E-state index contributed by atoms with van der Waals surface area (Å²) < 4.78 is 58.1. The van der Waals surface area contributed by atoms with Crippen LogP contribution in [0.15, 0.2) is 48.5 Å². The average Bonchev–Trinajstić information content (AvgIpc) is 2.75. The molecule has 10 heteroatoms. The summed E-state index contributed by atoms with van der Waals surface area (Å²) in [5.74, 6) is -3.44. The van der Waals surface area contributed by atoms with Gasteiger partial charge >= 0.3 is 12.1 Å². The van der Waals surface area contributed by atoms with Gasteiger partial charge in [0.2, 0.25) is 5.91 Å². The van der Waals surface area contributed by atoms with Crippen molar-refractivity contribution in [2.75, 3.05) is 13.1 Å². The van der Waals surface area contributed by atoms with Gasteiger partial charge < -0.3 is 15.7 Å². The Balaban J connectivity index is 0.000000451. The first-order valence-corrected chi connectivity index (χ1v) is 9.79.